The van der Waals surface area contributed by atoms with Crippen molar-refractivity contribution in [3.05, 3.63) is 29.2 Å². The quantitative estimate of drug-likeness (QED) is 0.508. The van der Waals surface area contributed by atoms with Crippen LogP contribution in [-0.4, -0.2) is 40.5 Å². The number of nitrogens with two attached hydrogens (primary N) is 1. The number of halogens is 1. The van der Waals surface area contributed by atoms with Crippen molar-refractivity contribution in [2.75, 3.05) is 20.3 Å². The molecule has 0 spiro atoms. The number of aliphatic hydroxyl groups excluding tert-OH is 2. The van der Waals surface area contributed by atoms with Gasteiger partial charge in [-0.3, -0.25) is 0 Å². The maximum atomic E-state index is 8.80. The summed E-state index contributed by atoms with van der Waals surface area (Å²) in [7, 11) is 1.00. The fraction of sp³-hybridized carbons (Fsp3) is 0.467. The zero-order valence-corrected chi connectivity index (χ0v) is 17.2. The average Bonchev–Trinajstić information content (AvgIpc) is 2.48. The van der Waals surface area contributed by atoms with Crippen molar-refractivity contribution in [3.63, 3.8) is 0 Å². The topological polar surface area (TPSA) is 101 Å². The van der Waals surface area contributed by atoms with Gasteiger partial charge >= 0.3 is 0 Å². The Kier molecular flexibility index (Phi) is 10.3. The van der Waals surface area contributed by atoms with Gasteiger partial charge in [-0.1, -0.05) is 11.6 Å². The number of hydrogen-bond donors (Lipinski definition) is 3. The van der Waals surface area contributed by atoms with Crippen LogP contribution < -0.4 is 10.5 Å². The molecule has 4 N–H and O–H groups in total. The number of aliphatic hydroxyl groups is 2. The van der Waals surface area contributed by atoms with Crippen molar-refractivity contribution in [1.82, 2.24) is 9.97 Å². The maximum Gasteiger partial charge on any atom is 0.222 e. The molecule has 8 heteroatoms. The van der Waals surface area contributed by atoms with Crippen LogP contribution in [0.1, 0.15) is 25.8 Å². The van der Waals surface area contributed by atoms with E-state index < -0.39 is 5.54 Å². The summed E-state index contributed by atoms with van der Waals surface area (Å²) in [5, 5.41) is 17.8. The van der Waals surface area contributed by atoms with Crippen LogP contribution in [0.3, 0.4) is 0 Å². The summed E-state index contributed by atoms with van der Waals surface area (Å²) in [6.07, 6.45) is 3.88. The van der Waals surface area contributed by atoms with Crippen LogP contribution in [0.5, 0.6) is 5.88 Å². The van der Waals surface area contributed by atoms with Gasteiger partial charge in [-0.2, -0.15) is 0 Å². The van der Waals surface area contributed by atoms with Gasteiger partial charge in [0.1, 0.15) is 5.15 Å². The molecule has 2 aromatic rings. The molecule has 2 rings (SSSR count). The zero-order valence-electron chi connectivity index (χ0n) is 13.6. The molecule has 125 valence electrons. The molecule has 0 bridgehead atoms. The molecule has 0 aliphatic heterocycles. The molecule has 0 unspecified atom stereocenters. The van der Waals surface area contributed by atoms with E-state index in [4.69, 9.17) is 32.3 Å². The number of pyridine rings is 2. The molecule has 0 saturated carbocycles. The molecule has 0 atom stereocenters. The van der Waals surface area contributed by atoms with Gasteiger partial charge in [-0.05, 0) is 30.9 Å². The number of hydrogen-bond acceptors (Lipinski definition) is 6. The average molecular weight is 417 g/mol. The molecule has 0 amide bonds. The number of aromatic nitrogens is 2. The molecule has 0 aliphatic carbocycles. The van der Waals surface area contributed by atoms with E-state index in [1.165, 1.54) is 0 Å². The molecule has 0 fully saturated rings. The van der Waals surface area contributed by atoms with Gasteiger partial charge in [0.05, 0.1) is 12.0 Å². The van der Waals surface area contributed by atoms with Crippen LogP contribution in [0, 0.1) is 0 Å². The minimum Gasteiger partial charge on any atom is -0.477 e. The monoisotopic (exact) mass is 416 g/mol. The van der Waals surface area contributed by atoms with Crippen molar-refractivity contribution in [3.8, 4) is 5.88 Å². The Morgan fingerprint density at radius 2 is 1.87 bits per heavy atom. The molecule has 0 aromatic carbocycles. The van der Waals surface area contributed by atoms with Gasteiger partial charge in [0, 0.05) is 70.8 Å². The van der Waals surface area contributed by atoms with E-state index in [9.17, 15) is 0 Å². The smallest absolute Gasteiger partial charge is 0.222 e. The van der Waals surface area contributed by atoms with Crippen molar-refractivity contribution >= 4 is 22.4 Å². The summed E-state index contributed by atoms with van der Waals surface area (Å²) in [6.45, 7) is 4.29. The predicted molar refractivity (Wildman–Crippen MR) is 87.1 cm³/mol. The van der Waals surface area contributed by atoms with Crippen molar-refractivity contribution in [2.45, 2.75) is 25.8 Å². The zero-order chi connectivity index (χ0) is 16.8. The Labute approximate surface area is 166 Å². The molecule has 0 saturated heterocycles. The number of rotatable bonds is 5. The van der Waals surface area contributed by atoms with E-state index in [1.54, 1.807) is 18.5 Å². The van der Waals surface area contributed by atoms with Crippen LogP contribution in [-0.2, 0) is 38.2 Å². The second kappa shape index (κ2) is 10.5. The third kappa shape index (κ3) is 6.21. The molecular weight excluding hydrogens is 395 g/mol. The molecule has 1 radical (unpaired) electrons. The molecule has 0 aliphatic rings. The van der Waals surface area contributed by atoms with Crippen LogP contribution in [0.2, 0.25) is 5.15 Å². The SMILES string of the molecule is CC(C)(N)c1cnc(OCCCO)c2cnc(Cl)cc12.CO.[Y]. The Bertz CT molecular complexity index is 621. The second-order valence-corrected chi connectivity index (χ2v) is 5.56. The van der Waals surface area contributed by atoms with Gasteiger partial charge in [0.25, 0.3) is 0 Å². The fourth-order valence-electron chi connectivity index (χ4n) is 1.95. The first-order chi connectivity index (χ1) is 10.4. The first-order valence-electron chi connectivity index (χ1n) is 6.85. The van der Waals surface area contributed by atoms with E-state index in [0.29, 0.717) is 24.1 Å². The van der Waals surface area contributed by atoms with Gasteiger partial charge in [-0.15, -0.1) is 0 Å². The van der Waals surface area contributed by atoms with Crippen LogP contribution >= 0.6 is 11.6 Å². The molecule has 23 heavy (non-hydrogen) atoms. The molecule has 2 aromatic heterocycles. The Hall–Kier alpha value is -0.366. The van der Waals surface area contributed by atoms with E-state index in [-0.39, 0.29) is 39.3 Å². The van der Waals surface area contributed by atoms with Gasteiger partial charge in [-0.25, -0.2) is 9.97 Å². The minimum absolute atomic E-state index is 0. The van der Waals surface area contributed by atoms with E-state index in [1.807, 2.05) is 13.8 Å². The first-order valence-corrected chi connectivity index (χ1v) is 7.23. The Morgan fingerprint density at radius 3 is 2.43 bits per heavy atom. The van der Waals surface area contributed by atoms with Gasteiger partial charge < -0.3 is 20.7 Å². The van der Waals surface area contributed by atoms with Crippen LogP contribution in [0.15, 0.2) is 18.5 Å². The van der Waals surface area contributed by atoms with E-state index in [2.05, 4.69) is 9.97 Å². The summed E-state index contributed by atoms with van der Waals surface area (Å²) in [4.78, 5) is 8.38. The van der Waals surface area contributed by atoms with Gasteiger partial charge in [0.15, 0.2) is 0 Å². The predicted octanol–water partition coefficient (Wildman–Crippen LogP) is 1.84. The van der Waals surface area contributed by atoms with E-state index in [0.717, 1.165) is 23.4 Å². The fourth-order valence-corrected chi connectivity index (χ4v) is 2.11. The van der Waals surface area contributed by atoms with Crippen molar-refractivity contribution < 1.29 is 47.7 Å². The number of fused-ring (bicyclic) bond motifs is 1. The van der Waals surface area contributed by atoms with Crippen molar-refractivity contribution in [1.29, 1.82) is 0 Å². The normalized spacial score (nSPS) is 10.6. The first kappa shape index (κ1) is 22.6. The third-order valence-electron chi connectivity index (χ3n) is 2.94. The standard InChI is InChI=1S/C14H18ClN3O2.CH4O.Y/c1-14(2,16)11-8-18-13(20-5-3-4-19)10-7-17-12(15)6-9(10)11;1-2;/h6-8,19H,3-5,16H2,1-2H3;2H,1H3;. The largest absolute Gasteiger partial charge is 0.477 e. The summed E-state index contributed by atoms with van der Waals surface area (Å²) in [5.74, 6) is 0.477. The minimum atomic E-state index is -0.542. The summed E-state index contributed by atoms with van der Waals surface area (Å²) in [5.41, 5.74) is 6.51. The van der Waals surface area contributed by atoms with E-state index >= 15 is 0 Å². The molecule has 2 heterocycles. The Balaban J connectivity index is 0.00000155. The number of nitrogens with zero attached hydrogens (tertiary/aromatic N) is 2. The van der Waals surface area contributed by atoms with Crippen LogP contribution in [0.4, 0.5) is 0 Å². The maximum absolute atomic E-state index is 8.80. The van der Waals surface area contributed by atoms with Gasteiger partial charge in [0.2, 0.25) is 5.88 Å². The molecular formula is C15H22ClN3O3Y. The molecule has 6 nitrogen and oxygen atoms in total. The second-order valence-electron chi connectivity index (χ2n) is 5.18. The third-order valence-corrected chi connectivity index (χ3v) is 3.14. The van der Waals surface area contributed by atoms with Crippen molar-refractivity contribution in [2.24, 2.45) is 5.73 Å². The Morgan fingerprint density at radius 1 is 1.22 bits per heavy atom. The number of ether oxygens (including phenoxy) is 1. The summed E-state index contributed by atoms with van der Waals surface area (Å²) in [6, 6.07) is 1.77. The summed E-state index contributed by atoms with van der Waals surface area (Å²) < 4.78 is 5.57. The summed E-state index contributed by atoms with van der Waals surface area (Å²) >= 11 is 5.97. The van der Waals surface area contributed by atoms with Crippen LogP contribution in [0.25, 0.3) is 10.8 Å².